The number of nitrogens with zero attached hydrogens (tertiary/aromatic N) is 1. The van der Waals surface area contributed by atoms with Gasteiger partial charge in [0.1, 0.15) is 0 Å². The van der Waals surface area contributed by atoms with Gasteiger partial charge in [-0.25, -0.2) is 0 Å². The van der Waals surface area contributed by atoms with Gasteiger partial charge in [0, 0.05) is 0 Å². The third-order valence-electron chi connectivity index (χ3n) is 4.40. The zero-order chi connectivity index (χ0) is 16.3. The van der Waals surface area contributed by atoms with E-state index in [1.807, 2.05) is 12.3 Å². The normalized spacial score (nSPS) is 11.6. The molecule has 0 aliphatic carbocycles. The Hall–Kier alpha value is -0.251. The number of pyridine rings is 1. The second kappa shape index (κ2) is 11.3. The van der Waals surface area contributed by atoms with Crippen molar-refractivity contribution >= 4 is 24.9 Å². The van der Waals surface area contributed by atoms with Crippen molar-refractivity contribution in [1.82, 2.24) is 4.98 Å². The van der Waals surface area contributed by atoms with Crippen LogP contribution in [0.3, 0.4) is 0 Å². The van der Waals surface area contributed by atoms with E-state index >= 15 is 0 Å². The van der Waals surface area contributed by atoms with Crippen molar-refractivity contribution in [3.63, 3.8) is 0 Å². The molecule has 3 heteroatoms. The Kier molecular flexibility index (Phi) is 10.2. The summed E-state index contributed by atoms with van der Waals surface area (Å²) in [6, 6.07) is 4.08. The Morgan fingerprint density at radius 1 is 1.00 bits per heavy atom. The van der Waals surface area contributed by atoms with Crippen molar-refractivity contribution in [2.45, 2.75) is 82.0 Å². The number of hydrogen-bond acceptors (Lipinski definition) is 2. The van der Waals surface area contributed by atoms with Gasteiger partial charge in [-0.3, -0.25) is 0 Å². The average Bonchev–Trinajstić information content (AvgIpc) is 2.56. The summed E-state index contributed by atoms with van der Waals surface area (Å²) in [6.45, 7) is 6.95. The molecule has 1 heterocycles. The van der Waals surface area contributed by atoms with Crippen LogP contribution >= 0.6 is 0 Å². The summed E-state index contributed by atoms with van der Waals surface area (Å²) in [5.41, 5.74) is 0. The Balaban J connectivity index is 2.97. The SMILES string of the molecule is CCCC[C](CCCC)(CCCC)[Sn][c]1ncccc1OC. The van der Waals surface area contributed by atoms with Gasteiger partial charge in [0.15, 0.2) is 0 Å². The van der Waals surface area contributed by atoms with Crippen LogP contribution in [0.4, 0.5) is 0 Å². The number of hydrogen-bond donors (Lipinski definition) is 0. The zero-order valence-electron chi connectivity index (χ0n) is 15.0. The van der Waals surface area contributed by atoms with Crippen LogP contribution in [0.2, 0.25) is 3.43 Å². The van der Waals surface area contributed by atoms with Crippen molar-refractivity contribution in [2.24, 2.45) is 0 Å². The summed E-state index contributed by atoms with van der Waals surface area (Å²) in [4.78, 5) is 4.71. The molecule has 0 spiro atoms. The van der Waals surface area contributed by atoms with Gasteiger partial charge in [-0.1, -0.05) is 0 Å². The van der Waals surface area contributed by atoms with Gasteiger partial charge >= 0.3 is 148 Å². The standard InChI is InChI=1S/C13H27.C6H6NO.Sn/c1-4-7-10-13(11-8-5-2)12-9-6-3;1-8-6-3-2-4-7-5-6;/h4-12H2,1-3H3;2-4H,1H3;. The van der Waals surface area contributed by atoms with Crippen molar-refractivity contribution in [3.05, 3.63) is 18.3 Å². The van der Waals surface area contributed by atoms with E-state index in [4.69, 9.17) is 9.72 Å². The second-order valence-corrected chi connectivity index (χ2v) is 11.4. The predicted octanol–water partition coefficient (Wildman–Crippen LogP) is 5.15. The molecule has 0 fully saturated rings. The van der Waals surface area contributed by atoms with Gasteiger partial charge in [-0.05, 0) is 0 Å². The molecule has 0 bridgehead atoms. The molecule has 0 unspecified atom stereocenters. The minimum atomic E-state index is -0.779. The molecule has 22 heavy (non-hydrogen) atoms. The van der Waals surface area contributed by atoms with Crippen molar-refractivity contribution < 1.29 is 4.74 Å². The number of unbranched alkanes of at least 4 members (excludes halogenated alkanes) is 3. The molecule has 2 radical (unpaired) electrons. The molecule has 0 atom stereocenters. The fourth-order valence-corrected chi connectivity index (χ4v) is 8.30. The van der Waals surface area contributed by atoms with E-state index in [2.05, 4.69) is 26.8 Å². The first-order chi connectivity index (χ1) is 10.7. The monoisotopic (exact) mass is 411 g/mol. The van der Waals surface area contributed by atoms with E-state index in [0.29, 0.717) is 3.43 Å². The number of rotatable bonds is 12. The van der Waals surface area contributed by atoms with Crippen LogP contribution in [-0.4, -0.2) is 33.2 Å². The van der Waals surface area contributed by atoms with E-state index in [1.54, 1.807) is 7.11 Å². The quantitative estimate of drug-likeness (QED) is 0.445. The van der Waals surface area contributed by atoms with Crippen LogP contribution in [0.25, 0.3) is 0 Å². The average molecular weight is 410 g/mol. The summed E-state index contributed by atoms with van der Waals surface area (Å²) >= 11 is -0.779. The summed E-state index contributed by atoms with van der Waals surface area (Å²) in [7, 11) is 1.78. The maximum atomic E-state index is 5.58. The van der Waals surface area contributed by atoms with Crippen LogP contribution in [0, 0.1) is 0 Å². The molecule has 0 aliphatic rings. The molecule has 1 aromatic rings. The molecular formula is C19H33NOSn. The minimum absolute atomic E-state index is 0.576. The number of methoxy groups -OCH3 is 1. The van der Waals surface area contributed by atoms with Crippen LogP contribution < -0.4 is 8.45 Å². The first kappa shape index (κ1) is 19.8. The Labute approximate surface area is 147 Å². The molecule has 0 N–H and O–H groups in total. The summed E-state index contributed by atoms with van der Waals surface area (Å²) < 4.78 is 7.48. The summed E-state index contributed by atoms with van der Waals surface area (Å²) in [6.07, 6.45) is 14.1. The molecule has 124 valence electrons. The topological polar surface area (TPSA) is 22.1 Å². The Bertz CT molecular complexity index is 386. The third kappa shape index (κ3) is 6.47. The van der Waals surface area contributed by atoms with Gasteiger partial charge in [0.05, 0.1) is 0 Å². The molecule has 0 aromatic carbocycles. The summed E-state index contributed by atoms with van der Waals surface area (Å²) in [5, 5.41) is 0. The Morgan fingerprint density at radius 3 is 2.00 bits per heavy atom. The number of ether oxygens (including phenoxy) is 1. The van der Waals surface area contributed by atoms with Gasteiger partial charge in [-0.2, -0.15) is 0 Å². The van der Waals surface area contributed by atoms with Crippen LogP contribution in [0.5, 0.6) is 5.75 Å². The Morgan fingerprint density at radius 2 is 1.55 bits per heavy atom. The molecular weight excluding hydrogens is 377 g/mol. The van der Waals surface area contributed by atoms with E-state index in [9.17, 15) is 0 Å². The van der Waals surface area contributed by atoms with E-state index in [1.165, 1.54) is 61.5 Å². The molecule has 0 saturated carbocycles. The van der Waals surface area contributed by atoms with Crippen LogP contribution in [0.15, 0.2) is 18.3 Å². The van der Waals surface area contributed by atoms with E-state index < -0.39 is 21.1 Å². The van der Waals surface area contributed by atoms with Crippen LogP contribution in [0.1, 0.15) is 78.6 Å². The van der Waals surface area contributed by atoms with E-state index in [0.717, 1.165) is 5.75 Å². The molecule has 0 amide bonds. The van der Waals surface area contributed by atoms with E-state index in [-0.39, 0.29) is 0 Å². The molecule has 1 aromatic heterocycles. The molecule has 2 nitrogen and oxygen atoms in total. The maximum absolute atomic E-state index is 5.58. The van der Waals surface area contributed by atoms with Crippen molar-refractivity contribution in [2.75, 3.05) is 7.11 Å². The third-order valence-corrected chi connectivity index (χ3v) is 9.80. The van der Waals surface area contributed by atoms with Crippen LogP contribution in [-0.2, 0) is 0 Å². The van der Waals surface area contributed by atoms with Gasteiger partial charge < -0.3 is 0 Å². The fourth-order valence-electron chi connectivity index (χ4n) is 3.01. The zero-order valence-corrected chi connectivity index (χ0v) is 17.8. The second-order valence-electron chi connectivity index (χ2n) is 6.27. The first-order valence-electron chi connectivity index (χ1n) is 8.98. The first-order valence-corrected chi connectivity index (χ1v) is 11.8. The summed E-state index contributed by atoms with van der Waals surface area (Å²) in [5.74, 6) is 1.03. The molecule has 0 saturated heterocycles. The number of aromatic nitrogens is 1. The van der Waals surface area contributed by atoms with Crippen molar-refractivity contribution in [3.8, 4) is 5.75 Å². The molecule has 1 rings (SSSR count). The van der Waals surface area contributed by atoms with Gasteiger partial charge in [-0.15, -0.1) is 0 Å². The van der Waals surface area contributed by atoms with Gasteiger partial charge in [0.2, 0.25) is 0 Å². The molecule has 0 aliphatic heterocycles. The van der Waals surface area contributed by atoms with Gasteiger partial charge in [0.25, 0.3) is 0 Å². The fraction of sp³-hybridized carbons (Fsp3) is 0.737. The predicted molar refractivity (Wildman–Crippen MR) is 97.4 cm³/mol. The van der Waals surface area contributed by atoms with Crippen molar-refractivity contribution in [1.29, 1.82) is 0 Å².